The van der Waals surface area contributed by atoms with Gasteiger partial charge in [0, 0.05) is 17.1 Å². The lowest BCUT2D eigenvalue weighted by Crippen LogP contribution is -2.43. The van der Waals surface area contributed by atoms with Crippen molar-refractivity contribution in [3.05, 3.63) is 34.3 Å². The normalized spacial score (nSPS) is 24.6. The van der Waals surface area contributed by atoms with Crippen LogP contribution in [0.1, 0.15) is 43.4 Å². The molecule has 1 atom stereocenters. The Kier molecular flexibility index (Phi) is 4.11. The second-order valence-electron chi connectivity index (χ2n) is 5.81. The summed E-state index contributed by atoms with van der Waals surface area (Å²) < 4.78 is 0. The van der Waals surface area contributed by atoms with E-state index in [0.717, 1.165) is 5.02 Å². The first kappa shape index (κ1) is 13.4. The zero-order chi connectivity index (χ0) is 13.2. The van der Waals surface area contributed by atoms with E-state index in [-0.39, 0.29) is 0 Å². The van der Waals surface area contributed by atoms with E-state index in [1.165, 1.54) is 56.4 Å². The first-order valence-electron chi connectivity index (χ1n) is 7.53. The van der Waals surface area contributed by atoms with Crippen LogP contribution in [0.5, 0.6) is 0 Å². The maximum absolute atomic E-state index is 6.07. The molecule has 1 aliphatic heterocycles. The van der Waals surface area contributed by atoms with E-state index in [0.29, 0.717) is 12.1 Å². The van der Waals surface area contributed by atoms with Crippen LogP contribution in [0.3, 0.4) is 0 Å². The van der Waals surface area contributed by atoms with Gasteiger partial charge in [-0.3, -0.25) is 0 Å². The fraction of sp³-hybridized carbons (Fsp3) is 0.625. The molecule has 1 aromatic rings. The monoisotopic (exact) mass is 278 g/mol. The minimum Gasteiger partial charge on any atom is -0.307 e. The molecule has 0 spiro atoms. The molecule has 1 aliphatic carbocycles. The molecule has 2 aliphatic rings. The van der Waals surface area contributed by atoms with Crippen molar-refractivity contribution >= 4 is 11.6 Å². The van der Waals surface area contributed by atoms with Gasteiger partial charge in [0.15, 0.2) is 0 Å². The highest BCUT2D eigenvalue weighted by Gasteiger charge is 2.26. The van der Waals surface area contributed by atoms with Crippen LogP contribution in [0, 0.1) is 0 Å². The second kappa shape index (κ2) is 5.82. The molecule has 104 valence electrons. The summed E-state index contributed by atoms with van der Waals surface area (Å²) >= 11 is 6.07. The van der Waals surface area contributed by atoms with Gasteiger partial charge in [0.1, 0.15) is 0 Å². The quantitative estimate of drug-likeness (QED) is 0.912. The predicted molar refractivity (Wildman–Crippen MR) is 80.8 cm³/mol. The van der Waals surface area contributed by atoms with Crippen LogP contribution in [0.4, 0.5) is 0 Å². The Morgan fingerprint density at radius 3 is 2.79 bits per heavy atom. The van der Waals surface area contributed by atoms with Crippen molar-refractivity contribution in [1.29, 1.82) is 0 Å². The van der Waals surface area contributed by atoms with Gasteiger partial charge in [0.2, 0.25) is 0 Å². The second-order valence-corrected chi connectivity index (χ2v) is 6.25. The first-order chi connectivity index (χ1) is 9.26. The van der Waals surface area contributed by atoms with Gasteiger partial charge in [-0.25, -0.2) is 0 Å². The average Bonchev–Trinajstić information content (AvgIpc) is 2.82. The van der Waals surface area contributed by atoms with Gasteiger partial charge < -0.3 is 10.2 Å². The maximum atomic E-state index is 6.07. The summed E-state index contributed by atoms with van der Waals surface area (Å²) in [7, 11) is 0. The molecule has 19 heavy (non-hydrogen) atoms. The summed E-state index contributed by atoms with van der Waals surface area (Å²) in [6.45, 7) is 5.94. The van der Waals surface area contributed by atoms with Crippen molar-refractivity contribution < 1.29 is 0 Å². The summed E-state index contributed by atoms with van der Waals surface area (Å²) in [6, 6.07) is 7.61. The molecule has 0 bridgehead atoms. The molecule has 1 unspecified atom stereocenters. The maximum Gasteiger partial charge on any atom is 0.0408 e. The standard InChI is InChI=1S/C16H23ClN2/c1-2-19-9-7-14(8-10-19)18-16-6-3-12-11-13(17)4-5-15(12)16/h4-5,11,14,16,18H,2-3,6-10H2,1H3. The number of nitrogens with zero attached hydrogens (tertiary/aromatic N) is 1. The first-order valence-corrected chi connectivity index (χ1v) is 7.91. The van der Waals surface area contributed by atoms with E-state index in [4.69, 9.17) is 11.6 Å². The highest BCUT2D eigenvalue weighted by Crippen LogP contribution is 2.33. The van der Waals surface area contributed by atoms with E-state index in [1.807, 2.05) is 6.07 Å². The Hall–Kier alpha value is -0.570. The van der Waals surface area contributed by atoms with Crippen molar-refractivity contribution in [2.75, 3.05) is 19.6 Å². The molecule has 3 heteroatoms. The van der Waals surface area contributed by atoms with Crippen LogP contribution in [0.25, 0.3) is 0 Å². The van der Waals surface area contributed by atoms with Gasteiger partial charge >= 0.3 is 0 Å². The molecule has 1 saturated heterocycles. The molecular formula is C16H23ClN2. The van der Waals surface area contributed by atoms with Crippen molar-refractivity contribution in [2.24, 2.45) is 0 Å². The van der Waals surface area contributed by atoms with Crippen LogP contribution in [0.15, 0.2) is 18.2 Å². The van der Waals surface area contributed by atoms with E-state index in [9.17, 15) is 0 Å². The largest absolute Gasteiger partial charge is 0.307 e. The molecule has 1 N–H and O–H groups in total. The fourth-order valence-electron chi connectivity index (χ4n) is 3.46. The van der Waals surface area contributed by atoms with E-state index < -0.39 is 0 Å². The number of halogens is 1. The highest BCUT2D eigenvalue weighted by molar-refractivity contribution is 6.30. The molecule has 1 fully saturated rings. The molecule has 0 aromatic heterocycles. The topological polar surface area (TPSA) is 15.3 Å². The van der Waals surface area contributed by atoms with Crippen LogP contribution < -0.4 is 5.32 Å². The Bertz CT molecular complexity index is 438. The van der Waals surface area contributed by atoms with Gasteiger partial charge in [-0.15, -0.1) is 0 Å². The van der Waals surface area contributed by atoms with Crippen molar-refractivity contribution in [2.45, 2.75) is 44.7 Å². The van der Waals surface area contributed by atoms with Crippen molar-refractivity contribution in [3.63, 3.8) is 0 Å². The number of piperidine rings is 1. The van der Waals surface area contributed by atoms with Gasteiger partial charge in [-0.2, -0.15) is 0 Å². The highest BCUT2D eigenvalue weighted by atomic mass is 35.5. The van der Waals surface area contributed by atoms with Crippen LogP contribution >= 0.6 is 11.6 Å². The zero-order valence-corrected chi connectivity index (χ0v) is 12.4. The molecule has 3 rings (SSSR count). The molecule has 2 nitrogen and oxygen atoms in total. The number of hydrogen-bond donors (Lipinski definition) is 1. The van der Waals surface area contributed by atoms with Crippen LogP contribution in [-0.4, -0.2) is 30.6 Å². The molecule has 0 saturated carbocycles. The third kappa shape index (κ3) is 2.96. The smallest absolute Gasteiger partial charge is 0.0408 e. The van der Waals surface area contributed by atoms with Gasteiger partial charge in [-0.1, -0.05) is 24.6 Å². The Balaban J connectivity index is 1.61. The SMILES string of the molecule is CCN1CCC(NC2CCc3cc(Cl)ccc32)CC1. The Morgan fingerprint density at radius 1 is 1.26 bits per heavy atom. The van der Waals surface area contributed by atoms with E-state index in [2.05, 4.69) is 29.3 Å². The number of rotatable bonds is 3. The number of hydrogen-bond acceptors (Lipinski definition) is 2. The summed E-state index contributed by atoms with van der Waals surface area (Å²) in [4.78, 5) is 2.54. The third-order valence-electron chi connectivity index (χ3n) is 4.65. The molecule has 0 radical (unpaired) electrons. The molecular weight excluding hydrogens is 256 g/mol. The van der Waals surface area contributed by atoms with E-state index >= 15 is 0 Å². The number of nitrogens with one attached hydrogen (secondary N) is 1. The van der Waals surface area contributed by atoms with Crippen LogP contribution in [-0.2, 0) is 6.42 Å². The van der Waals surface area contributed by atoms with Gasteiger partial charge in [0.05, 0.1) is 0 Å². The average molecular weight is 279 g/mol. The summed E-state index contributed by atoms with van der Waals surface area (Å²) in [6.07, 6.45) is 4.96. The summed E-state index contributed by atoms with van der Waals surface area (Å²) in [5.74, 6) is 0. The number of fused-ring (bicyclic) bond motifs is 1. The molecule has 0 amide bonds. The van der Waals surface area contributed by atoms with E-state index in [1.54, 1.807) is 0 Å². The minimum absolute atomic E-state index is 0.547. The van der Waals surface area contributed by atoms with Crippen LogP contribution in [0.2, 0.25) is 5.02 Å². The molecule has 1 heterocycles. The fourth-order valence-corrected chi connectivity index (χ4v) is 3.65. The van der Waals surface area contributed by atoms with Crippen molar-refractivity contribution in [1.82, 2.24) is 10.2 Å². The predicted octanol–water partition coefficient (Wildman–Crippen LogP) is 3.40. The molecule has 1 aromatic carbocycles. The Morgan fingerprint density at radius 2 is 2.05 bits per heavy atom. The lowest BCUT2D eigenvalue weighted by molar-refractivity contribution is 0.198. The number of benzene rings is 1. The lowest BCUT2D eigenvalue weighted by Gasteiger charge is -2.33. The minimum atomic E-state index is 0.547. The number of aryl methyl sites for hydroxylation is 1. The Labute approximate surface area is 121 Å². The van der Waals surface area contributed by atoms with Gasteiger partial charge in [-0.05, 0) is 68.6 Å². The lowest BCUT2D eigenvalue weighted by atomic mass is 10.0. The van der Waals surface area contributed by atoms with Gasteiger partial charge in [0.25, 0.3) is 0 Å². The van der Waals surface area contributed by atoms with Crippen molar-refractivity contribution in [3.8, 4) is 0 Å². The number of likely N-dealkylation sites (tertiary alicyclic amines) is 1. The summed E-state index contributed by atoms with van der Waals surface area (Å²) in [5, 5.41) is 4.74. The zero-order valence-electron chi connectivity index (χ0n) is 11.7. The third-order valence-corrected chi connectivity index (χ3v) is 4.89. The summed E-state index contributed by atoms with van der Waals surface area (Å²) in [5.41, 5.74) is 2.92.